The first-order chi connectivity index (χ1) is 12.2. The summed E-state index contributed by atoms with van der Waals surface area (Å²) in [5.41, 5.74) is 4.43. The number of allylic oxidation sites excluding steroid dienone is 1. The quantitative estimate of drug-likeness (QED) is 0.442. The number of benzene rings is 1. The lowest BCUT2D eigenvalue weighted by molar-refractivity contribution is -0.0206. The first kappa shape index (κ1) is 21.9. The number of ether oxygens (including phenoxy) is 1. The van der Waals surface area contributed by atoms with Gasteiger partial charge in [0.1, 0.15) is 17.0 Å². The summed E-state index contributed by atoms with van der Waals surface area (Å²) in [5.74, 6) is 1.23. The van der Waals surface area contributed by atoms with Crippen LogP contribution in [0, 0.1) is 5.41 Å². The van der Waals surface area contributed by atoms with Crippen molar-refractivity contribution in [1.29, 1.82) is 0 Å². The van der Waals surface area contributed by atoms with E-state index in [9.17, 15) is 13.0 Å². The minimum absolute atomic E-state index is 0.0138. The molecule has 1 heterocycles. The van der Waals surface area contributed by atoms with E-state index in [2.05, 4.69) is 70.4 Å². The van der Waals surface area contributed by atoms with Crippen molar-refractivity contribution in [2.45, 2.75) is 45.6 Å². The Morgan fingerprint density at radius 2 is 1.67 bits per heavy atom. The van der Waals surface area contributed by atoms with Gasteiger partial charge in [0.2, 0.25) is 10.4 Å². The van der Waals surface area contributed by atoms with Crippen LogP contribution in [0.5, 0.6) is 0 Å². The molecular formula is C20H31NO5S. The van der Waals surface area contributed by atoms with Gasteiger partial charge in [-0.3, -0.25) is 8.67 Å². The maximum absolute atomic E-state index is 9.22. The number of rotatable bonds is 4. The van der Waals surface area contributed by atoms with Crippen molar-refractivity contribution in [3.05, 3.63) is 41.2 Å². The van der Waals surface area contributed by atoms with Crippen molar-refractivity contribution in [3.63, 3.8) is 0 Å². The van der Waals surface area contributed by atoms with Crippen LogP contribution in [0.25, 0.3) is 0 Å². The number of nitrogens with zero attached hydrogens (tertiary/aromatic N) is 1. The van der Waals surface area contributed by atoms with Gasteiger partial charge in [-0.25, -0.2) is 8.42 Å². The molecule has 1 saturated carbocycles. The molecule has 1 aromatic rings. The largest absolute Gasteiger partial charge is 0.726 e. The average Bonchev–Trinajstić information content (AvgIpc) is 2.87. The fraction of sp³-hybridized carbons (Fsp3) is 0.600. The predicted octanol–water partition coefficient (Wildman–Crippen LogP) is 3.38. The third-order valence-corrected chi connectivity index (χ3v) is 6.30. The first-order valence-electron chi connectivity index (χ1n) is 9.03. The fourth-order valence-electron chi connectivity index (χ4n) is 3.70. The lowest BCUT2D eigenvalue weighted by Gasteiger charge is -2.33. The normalized spacial score (nSPS) is 23.7. The topological polar surface area (TPSA) is 75.7 Å². The zero-order valence-corrected chi connectivity index (χ0v) is 18.1. The predicted molar refractivity (Wildman–Crippen MR) is 106 cm³/mol. The van der Waals surface area contributed by atoms with Gasteiger partial charge in [0, 0.05) is 11.8 Å². The standard InChI is InChI=1S/C19H28NO.CH4O4S/c1-18(2)16-11-12-19(18,3)21-17(16)13-14-7-9-15(10-8-14)20(4,5)6;1-5-6(2,3)4/h7-10H,11-13H2,1-6H3;1H3,(H,2,3,4)/q+1;/p-1. The number of hydrogen-bond donors (Lipinski definition) is 0. The van der Waals surface area contributed by atoms with E-state index in [1.807, 2.05) is 0 Å². The van der Waals surface area contributed by atoms with E-state index < -0.39 is 10.4 Å². The van der Waals surface area contributed by atoms with Crippen LogP contribution >= 0.6 is 0 Å². The van der Waals surface area contributed by atoms with E-state index in [0.717, 1.165) is 18.0 Å². The van der Waals surface area contributed by atoms with Crippen LogP contribution in [-0.4, -0.2) is 46.8 Å². The summed E-state index contributed by atoms with van der Waals surface area (Å²) < 4.78 is 38.2. The van der Waals surface area contributed by atoms with Crippen LogP contribution in [0.15, 0.2) is 35.6 Å². The van der Waals surface area contributed by atoms with Gasteiger partial charge in [0.25, 0.3) is 0 Å². The smallest absolute Gasteiger partial charge is 0.217 e. The van der Waals surface area contributed by atoms with Gasteiger partial charge < -0.3 is 9.29 Å². The Balaban J connectivity index is 0.000000380. The Labute approximate surface area is 163 Å². The fourth-order valence-corrected chi connectivity index (χ4v) is 3.70. The molecule has 152 valence electrons. The molecule has 0 spiro atoms. The summed E-state index contributed by atoms with van der Waals surface area (Å²) in [6, 6.07) is 8.97. The Bertz CT molecular complexity index is 819. The van der Waals surface area contributed by atoms with Crippen LogP contribution in [0.1, 0.15) is 39.2 Å². The summed E-state index contributed by atoms with van der Waals surface area (Å²) in [6.45, 7) is 6.94. The average molecular weight is 398 g/mol. The lowest BCUT2D eigenvalue weighted by Crippen LogP contribution is -2.35. The molecule has 6 nitrogen and oxygen atoms in total. The van der Waals surface area contributed by atoms with Gasteiger partial charge in [0.15, 0.2) is 0 Å². The molecule has 1 unspecified atom stereocenters. The molecular weight excluding hydrogens is 366 g/mol. The second-order valence-corrected chi connectivity index (χ2v) is 9.94. The third kappa shape index (κ3) is 4.71. The molecule has 2 aliphatic rings. The third-order valence-electron chi connectivity index (χ3n) is 5.89. The van der Waals surface area contributed by atoms with E-state index >= 15 is 0 Å². The summed E-state index contributed by atoms with van der Waals surface area (Å²) in [5, 5.41) is 0. The summed E-state index contributed by atoms with van der Waals surface area (Å²) >= 11 is 0. The van der Waals surface area contributed by atoms with E-state index in [4.69, 9.17) is 4.74 Å². The molecule has 27 heavy (non-hydrogen) atoms. The molecule has 7 heteroatoms. The molecule has 0 saturated heterocycles. The zero-order chi connectivity index (χ0) is 20.7. The Kier molecular flexibility index (Phi) is 5.84. The van der Waals surface area contributed by atoms with Crippen molar-refractivity contribution < 1.29 is 21.9 Å². The van der Waals surface area contributed by atoms with Crippen LogP contribution in [0.2, 0.25) is 0 Å². The van der Waals surface area contributed by atoms with Crippen molar-refractivity contribution >= 4 is 16.1 Å². The van der Waals surface area contributed by atoms with Gasteiger partial charge in [0.05, 0.1) is 28.3 Å². The molecule has 1 aliphatic heterocycles. The van der Waals surface area contributed by atoms with Gasteiger partial charge in [-0.1, -0.05) is 26.0 Å². The van der Waals surface area contributed by atoms with Gasteiger partial charge in [-0.2, -0.15) is 0 Å². The molecule has 1 aliphatic carbocycles. The summed E-state index contributed by atoms with van der Waals surface area (Å²) in [4.78, 5) is 0. The SMILES string of the molecule is CC12CCC(=C(Cc3ccc([N+](C)(C)C)cc3)O1)C2(C)C.COS(=O)(=O)[O-]. The molecule has 0 radical (unpaired) electrons. The highest BCUT2D eigenvalue weighted by Crippen LogP contribution is 2.59. The number of fused-ring (bicyclic) bond motifs is 2. The maximum atomic E-state index is 9.22. The second kappa shape index (κ2) is 7.20. The highest BCUT2D eigenvalue weighted by molar-refractivity contribution is 7.80. The minimum Gasteiger partial charge on any atom is -0.726 e. The Morgan fingerprint density at radius 1 is 1.15 bits per heavy atom. The van der Waals surface area contributed by atoms with Crippen LogP contribution in [0.3, 0.4) is 0 Å². The maximum Gasteiger partial charge on any atom is 0.217 e. The highest BCUT2D eigenvalue weighted by Gasteiger charge is 2.56. The summed E-state index contributed by atoms with van der Waals surface area (Å²) in [7, 11) is 2.99. The number of quaternary nitrogens is 1. The molecule has 0 aromatic heterocycles. The van der Waals surface area contributed by atoms with Crippen molar-refractivity contribution in [1.82, 2.24) is 4.48 Å². The monoisotopic (exact) mass is 397 g/mol. The molecule has 1 aromatic carbocycles. The first-order valence-corrected chi connectivity index (χ1v) is 10.4. The van der Waals surface area contributed by atoms with E-state index in [1.54, 1.807) is 5.57 Å². The molecule has 0 amide bonds. The molecule has 0 N–H and O–H groups in total. The molecule has 2 bridgehead atoms. The van der Waals surface area contributed by atoms with Crippen LogP contribution in [-0.2, 0) is 25.7 Å². The Morgan fingerprint density at radius 3 is 2.00 bits per heavy atom. The minimum atomic E-state index is -4.41. The van der Waals surface area contributed by atoms with E-state index in [0.29, 0.717) is 0 Å². The van der Waals surface area contributed by atoms with Crippen molar-refractivity contribution in [2.75, 3.05) is 28.3 Å². The highest BCUT2D eigenvalue weighted by atomic mass is 32.3. The zero-order valence-electron chi connectivity index (χ0n) is 17.3. The van der Waals surface area contributed by atoms with E-state index in [-0.39, 0.29) is 11.0 Å². The van der Waals surface area contributed by atoms with Crippen LogP contribution in [0.4, 0.5) is 5.69 Å². The molecule has 3 rings (SSSR count). The van der Waals surface area contributed by atoms with Gasteiger partial charge in [-0.05, 0) is 43.0 Å². The van der Waals surface area contributed by atoms with Crippen LogP contribution < -0.4 is 4.48 Å². The van der Waals surface area contributed by atoms with E-state index in [1.165, 1.54) is 29.9 Å². The van der Waals surface area contributed by atoms with Crippen molar-refractivity contribution in [3.8, 4) is 0 Å². The van der Waals surface area contributed by atoms with Crippen molar-refractivity contribution in [2.24, 2.45) is 5.41 Å². The lowest BCUT2D eigenvalue weighted by atomic mass is 9.78. The molecule has 1 fully saturated rings. The Hall–Kier alpha value is -1.41. The number of hydrogen-bond acceptors (Lipinski definition) is 5. The van der Waals surface area contributed by atoms with Gasteiger partial charge in [-0.15, -0.1) is 0 Å². The molecule has 1 atom stereocenters. The second-order valence-electron chi connectivity index (χ2n) is 8.79. The van der Waals surface area contributed by atoms with Gasteiger partial charge >= 0.3 is 0 Å². The summed E-state index contributed by atoms with van der Waals surface area (Å²) in [6.07, 6.45) is 3.31.